The van der Waals surface area contributed by atoms with Gasteiger partial charge in [0.2, 0.25) is 0 Å². The number of nitrogens with two attached hydrogens (primary N) is 1. The highest BCUT2D eigenvalue weighted by atomic mass is 32.1. The molecule has 3 rings (SSSR count). The van der Waals surface area contributed by atoms with Gasteiger partial charge in [0.15, 0.2) is 4.96 Å². The fourth-order valence-corrected chi connectivity index (χ4v) is 2.70. The van der Waals surface area contributed by atoms with E-state index >= 15 is 0 Å². The summed E-state index contributed by atoms with van der Waals surface area (Å²) in [5.41, 5.74) is 7.87. The number of nitrogens with zero attached hydrogens (tertiary/aromatic N) is 2. The highest BCUT2D eigenvalue weighted by molar-refractivity contribution is 7.15. The minimum Gasteiger partial charge on any atom is -0.487 e. The first-order valence-electron chi connectivity index (χ1n) is 6.12. The third-order valence-corrected chi connectivity index (χ3v) is 3.70. The monoisotopic (exact) mass is 273 g/mol. The Bertz CT molecular complexity index is 658. The largest absolute Gasteiger partial charge is 0.487 e. The van der Waals surface area contributed by atoms with Gasteiger partial charge in [0.25, 0.3) is 0 Å². The lowest BCUT2D eigenvalue weighted by atomic mass is 10.1. The van der Waals surface area contributed by atoms with E-state index in [0.717, 1.165) is 22.0 Å². The van der Waals surface area contributed by atoms with Crippen molar-refractivity contribution in [1.82, 2.24) is 9.38 Å². The van der Waals surface area contributed by atoms with E-state index in [2.05, 4.69) is 4.98 Å². The van der Waals surface area contributed by atoms with E-state index in [4.69, 9.17) is 10.5 Å². The molecule has 0 aliphatic heterocycles. The molecule has 0 aliphatic rings. The molecule has 4 nitrogen and oxygen atoms in total. The van der Waals surface area contributed by atoms with Gasteiger partial charge >= 0.3 is 0 Å². The Morgan fingerprint density at radius 3 is 3.05 bits per heavy atom. The molecule has 0 bridgehead atoms. The number of fused-ring (bicyclic) bond motifs is 1. The number of benzene rings is 1. The van der Waals surface area contributed by atoms with Crippen LogP contribution in [0.15, 0.2) is 42.0 Å². The number of hydrogen-bond donors (Lipinski definition) is 1. The SMILES string of the molecule is C[C@@H](N)c1ccccc1OCc1cn2ccsc2n1. The van der Waals surface area contributed by atoms with Crippen LogP contribution >= 0.6 is 11.3 Å². The number of aromatic nitrogens is 2. The Balaban J connectivity index is 1.77. The lowest BCUT2D eigenvalue weighted by molar-refractivity contribution is 0.297. The third kappa shape index (κ3) is 2.47. The van der Waals surface area contributed by atoms with Crippen molar-refractivity contribution >= 4 is 16.3 Å². The maximum atomic E-state index is 5.93. The molecular weight excluding hydrogens is 258 g/mol. The number of hydrogen-bond acceptors (Lipinski definition) is 4. The van der Waals surface area contributed by atoms with Crippen LogP contribution in [0.1, 0.15) is 24.2 Å². The van der Waals surface area contributed by atoms with Gasteiger partial charge in [-0.05, 0) is 13.0 Å². The number of thiazole rings is 1. The van der Waals surface area contributed by atoms with Crippen LogP contribution in [0.3, 0.4) is 0 Å². The molecule has 0 amide bonds. The molecule has 0 spiro atoms. The van der Waals surface area contributed by atoms with Gasteiger partial charge in [0.05, 0.1) is 5.69 Å². The van der Waals surface area contributed by atoms with Gasteiger partial charge in [-0.25, -0.2) is 4.98 Å². The Morgan fingerprint density at radius 1 is 1.42 bits per heavy atom. The molecule has 2 N–H and O–H groups in total. The minimum absolute atomic E-state index is 0.0401. The number of imidazole rings is 1. The number of rotatable bonds is 4. The van der Waals surface area contributed by atoms with Gasteiger partial charge in [-0.2, -0.15) is 0 Å². The van der Waals surface area contributed by atoms with Crippen LogP contribution < -0.4 is 10.5 Å². The summed E-state index contributed by atoms with van der Waals surface area (Å²) in [5, 5.41) is 2.01. The van der Waals surface area contributed by atoms with Crippen LogP contribution in [0, 0.1) is 0 Å². The van der Waals surface area contributed by atoms with Gasteiger partial charge in [-0.1, -0.05) is 18.2 Å². The molecule has 2 aromatic heterocycles. The van der Waals surface area contributed by atoms with Crippen LogP contribution in [0.5, 0.6) is 5.75 Å². The summed E-state index contributed by atoms with van der Waals surface area (Å²) in [6, 6.07) is 7.82. The van der Waals surface area contributed by atoms with Crippen molar-refractivity contribution in [3.8, 4) is 5.75 Å². The van der Waals surface area contributed by atoms with Crippen LogP contribution in [-0.4, -0.2) is 9.38 Å². The van der Waals surface area contributed by atoms with E-state index in [9.17, 15) is 0 Å². The molecule has 2 heterocycles. The van der Waals surface area contributed by atoms with Crippen molar-refractivity contribution in [2.75, 3.05) is 0 Å². The lowest BCUT2D eigenvalue weighted by Gasteiger charge is -2.12. The fourth-order valence-electron chi connectivity index (χ4n) is 1.99. The predicted octanol–water partition coefficient (Wildman–Crippen LogP) is 2.99. The molecule has 1 aromatic carbocycles. The summed E-state index contributed by atoms with van der Waals surface area (Å²) < 4.78 is 7.83. The minimum atomic E-state index is -0.0401. The second-order valence-corrected chi connectivity index (χ2v) is 5.31. The van der Waals surface area contributed by atoms with Crippen molar-refractivity contribution in [3.63, 3.8) is 0 Å². The summed E-state index contributed by atoms with van der Waals surface area (Å²) in [5.74, 6) is 0.828. The molecule has 5 heteroatoms. The maximum absolute atomic E-state index is 5.93. The van der Waals surface area contributed by atoms with E-state index in [-0.39, 0.29) is 6.04 Å². The Kier molecular flexibility index (Phi) is 3.23. The van der Waals surface area contributed by atoms with E-state index in [1.165, 1.54) is 0 Å². The first kappa shape index (κ1) is 12.2. The van der Waals surface area contributed by atoms with Gasteiger partial charge in [0.1, 0.15) is 12.4 Å². The van der Waals surface area contributed by atoms with Crippen LogP contribution in [0.4, 0.5) is 0 Å². The Labute approximate surface area is 115 Å². The lowest BCUT2D eigenvalue weighted by Crippen LogP contribution is -2.08. The van der Waals surface area contributed by atoms with Crippen molar-refractivity contribution < 1.29 is 4.74 Å². The topological polar surface area (TPSA) is 52.5 Å². The number of para-hydroxylation sites is 1. The van der Waals surface area contributed by atoms with Crippen molar-refractivity contribution in [3.05, 3.63) is 53.3 Å². The molecular formula is C14H15N3OS. The zero-order valence-electron chi connectivity index (χ0n) is 10.6. The van der Waals surface area contributed by atoms with Gasteiger partial charge in [0, 0.05) is 29.4 Å². The summed E-state index contributed by atoms with van der Waals surface area (Å²) in [6.07, 6.45) is 3.98. The molecule has 98 valence electrons. The molecule has 0 fully saturated rings. The second kappa shape index (κ2) is 5.03. The first-order chi connectivity index (χ1) is 9.24. The van der Waals surface area contributed by atoms with E-state index in [1.54, 1.807) is 11.3 Å². The quantitative estimate of drug-likeness (QED) is 0.795. The second-order valence-electron chi connectivity index (χ2n) is 4.44. The zero-order chi connectivity index (χ0) is 13.2. The van der Waals surface area contributed by atoms with E-state index < -0.39 is 0 Å². The van der Waals surface area contributed by atoms with Crippen LogP contribution in [0.2, 0.25) is 0 Å². The van der Waals surface area contributed by atoms with Gasteiger partial charge in [-0.3, -0.25) is 4.40 Å². The summed E-state index contributed by atoms with van der Waals surface area (Å²) in [4.78, 5) is 5.47. The molecule has 1 atom stereocenters. The molecule has 0 unspecified atom stereocenters. The summed E-state index contributed by atoms with van der Waals surface area (Å²) in [6.45, 7) is 2.41. The number of ether oxygens (including phenoxy) is 1. The van der Waals surface area contributed by atoms with Gasteiger partial charge < -0.3 is 10.5 Å². The average molecular weight is 273 g/mol. The van der Waals surface area contributed by atoms with Crippen molar-refractivity contribution in [1.29, 1.82) is 0 Å². The molecule has 3 aromatic rings. The molecule has 0 radical (unpaired) electrons. The smallest absolute Gasteiger partial charge is 0.193 e. The standard InChI is InChI=1S/C14H15N3OS/c1-10(15)12-4-2-3-5-13(12)18-9-11-8-17-6-7-19-14(17)16-11/h2-8,10H,9,15H2,1H3/t10-/m1/s1. The molecule has 0 aliphatic carbocycles. The van der Waals surface area contributed by atoms with Crippen LogP contribution in [-0.2, 0) is 6.61 Å². The third-order valence-electron chi connectivity index (χ3n) is 2.93. The van der Waals surface area contributed by atoms with E-state index in [0.29, 0.717) is 6.61 Å². The Hall–Kier alpha value is -1.85. The fraction of sp³-hybridized carbons (Fsp3) is 0.214. The molecule has 0 saturated carbocycles. The highest BCUT2D eigenvalue weighted by Gasteiger charge is 2.08. The maximum Gasteiger partial charge on any atom is 0.193 e. The molecule has 19 heavy (non-hydrogen) atoms. The van der Waals surface area contributed by atoms with Crippen molar-refractivity contribution in [2.24, 2.45) is 5.73 Å². The van der Waals surface area contributed by atoms with Crippen LogP contribution in [0.25, 0.3) is 4.96 Å². The molecule has 0 saturated heterocycles. The average Bonchev–Trinajstić information content (AvgIpc) is 2.97. The normalized spacial score (nSPS) is 12.7. The Morgan fingerprint density at radius 2 is 2.26 bits per heavy atom. The highest BCUT2D eigenvalue weighted by Crippen LogP contribution is 2.24. The first-order valence-corrected chi connectivity index (χ1v) is 7.00. The summed E-state index contributed by atoms with van der Waals surface area (Å²) in [7, 11) is 0. The predicted molar refractivity (Wildman–Crippen MR) is 76.4 cm³/mol. The van der Waals surface area contributed by atoms with E-state index in [1.807, 2.05) is 53.4 Å². The van der Waals surface area contributed by atoms with Gasteiger partial charge in [-0.15, -0.1) is 11.3 Å². The summed E-state index contributed by atoms with van der Waals surface area (Å²) >= 11 is 1.61. The van der Waals surface area contributed by atoms with Crippen molar-refractivity contribution in [2.45, 2.75) is 19.6 Å². The zero-order valence-corrected chi connectivity index (χ0v) is 11.4.